The molecule has 0 bridgehead atoms. The molecule has 0 aromatic heterocycles. The first-order valence-corrected chi connectivity index (χ1v) is 26.7. The molecule has 0 N–H and O–H groups in total. The minimum Gasteiger partial charge on any atom is -0.311 e. The molecule has 0 saturated heterocycles. The molecule has 0 saturated carbocycles. The summed E-state index contributed by atoms with van der Waals surface area (Å²) in [7, 11) is 4.54. The van der Waals surface area contributed by atoms with Crippen molar-refractivity contribution in [2.75, 3.05) is 23.9 Å². The lowest BCUT2D eigenvalue weighted by atomic mass is 10.0. The van der Waals surface area contributed by atoms with E-state index in [1.54, 1.807) is 0 Å². The molecule has 78 heavy (non-hydrogen) atoms. The molecular formula is C74H60N4+2. The standard InChI is InChI=1S/C74H60N4/c1-77(69-25-13-5-14-26-69,70-27-15-6-16-28-70)73-53-41-61(42-54-73)59-37-49-67(50-38-59)75(63-21-9-3-10-22-63)65-45-33-57(34-46-65)58-35-47-66(48-36-58)76(64-23-11-4-12-24-64)68-51-39-60(40-52-68)62-43-55-74(56-44-62)78(2,71-29-17-7-18-30-71)72-31-19-8-20-32-72/h3-56H,1-2H3/q+2. The normalized spacial score (nSPS) is 11.5. The predicted molar refractivity (Wildman–Crippen MR) is 332 cm³/mol. The molecule has 4 nitrogen and oxygen atoms in total. The Morgan fingerprint density at radius 1 is 0.167 bits per heavy atom. The van der Waals surface area contributed by atoms with Crippen LogP contribution in [-0.2, 0) is 0 Å². The maximum absolute atomic E-state index is 2.33. The average molecular weight is 1010 g/mol. The maximum atomic E-state index is 2.33. The summed E-state index contributed by atoms with van der Waals surface area (Å²) in [6.07, 6.45) is 0. The van der Waals surface area contributed by atoms with Gasteiger partial charge in [0.2, 0.25) is 0 Å². The lowest BCUT2D eigenvalue weighted by Crippen LogP contribution is -2.33. The van der Waals surface area contributed by atoms with E-state index < -0.39 is 0 Å². The third kappa shape index (κ3) is 9.70. The molecule has 0 aliphatic rings. The fourth-order valence-electron chi connectivity index (χ4n) is 11.0. The number of quaternary nitrogens is 2. The second-order valence-electron chi connectivity index (χ2n) is 20.0. The van der Waals surface area contributed by atoms with E-state index in [4.69, 9.17) is 0 Å². The summed E-state index contributed by atoms with van der Waals surface area (Å²) in [4.78, 5) is 4.65. The van der Waals surface area contributed by atoms with Gasteiger partial charge in [-0.3, -0.25) is 0 Å². The number of para-hydroxylation sites is 6. The lowest BCUT2D eigenvalue weighted by Gasteiger charge is -2.33. The zero-order valence-corrected chi connectivity index (χ0v) is 44.0. The topological polar surface area (TPSA) is 6.48 Å². The SMILES string of the molecule is C[N+](c1ccccc1)(c1ccccc1)c1ccc(-c2ccc(N(c3ccccc3)c3ccc(-c4ccc(N(c5ccccc5)c5ccc(-c6ccc([N+](C)(c7ccccc7)c7ccccc7)cc6)cc5)cc4)cc3)cc2)cc1. The second-order valence-corrected chi connectivity index (χ2v) is 20.0. The van der Waals surface area contributed by atoms with Gasteiger partial charge in [0.05, 0.1) is 14.1 Å². The summed E-state index contributed by atoms with van der Waals surface area (Å²) >= 11 is 0. The van der Waals surface area contributed by atoms with E-state index in [-0.39, 0.29) is 0 Å². The van der Waals surface area contributed by atoms with Crippen LogP contribution in [0.4, 0.5) is 68.2 Å². The van der Waals surface area contributed by atoms with Gasteiger partial charge in [0, 0.05) is 58.4 Å². The van der Waals surface area contributed by atoms with Crippen LogP contribution >= 0.6 is 0 Å². The van der Waals surface area contributed by atoms with Crippen molar-refractivity contribution >= 4 is 68.2 Å². The molecule has 12 aromatic rings. The van der Waals surface area contributed by atoms with Crippen LogP contribution < -0.4 is 18.8 Å². The van der Waals surface area contributed by atoms with Gasteiger partial charge in [-0.1, -0.05) is 158 Å². The molecule has 0 fully saturated rings. The molecule has 0 heterocycles. The number of anilines is 6. The van der Waals surface area contributed by atoms with E-state index in [1.807, 2.05) is 0 Å². The highest BCUT2D eigenvalue weighted by Gasteiger charge is 2.32. The van der Waals surface area contributed by atoms with E-state index in [9.17, 15) is 0 Å². The zero-order chi connectivity index (χ0) is 52.7. The first-order chi connectivity index (χ1) is 38.4. The van der Waals surface area contributed by atoms with Crippen LogP contribution in [0.15, 0.2) is 328 Å². The number of nitrogens with zero attached hydrogens (tertiary/aromatic N) is 4. The van der Waals surface area contributed by atoms with E-state index in [1.165, 1.54) is 56.4 Å². The number of hydrogen-bond acceptors (Lipinski definition) is 2. The molecule has 4 heteroatoms. The van der Waals surface area contributed by atoms with Crippen molar-refractivity contribution < 1.29 is 0 Å². The van der Waals surface area contributed by atoms with Gasteiger partial charge in [-0.2, -0.15) is 0 Å². The van der Waals surface area contributed by atoms with Gasteiger partial charge in [0.1, 0.15) is 34.1 Å². The summed E-state index contributed by atoms with van der Waals surface area (Å²) in [6, 6.07) is 118. The van der Waals surface area contributed by atoms with Gasteiger partial charge in [-0.15, -0.1) is 0 Å². The largest absolute Gasteiger partial charge is 0.311 e. The van der Waals surface area contributed by atoms with Gasteiger partial charge >= 0.3 is 0 Å². The van der Waals surface area contributed by atoms with Crippen LogP contribution in [0.25, 0.3) is 33.4 Å². The van der Waals surface area contributed by atoms with Gasteiger partial charge in [0.15, 0.2) is 0 Å². The Kier molecular flexibility index (Phi) is 13.7. The van der Waals surface area contributed by atoms with Crippen molar-refractivity contribution in [3.05, 3.63) is 328 Å². The van der Waals surface area contributed by atoms with Crippen LogP contribution in [0.1, 0.15) is 0 Å². The van der Waals surface area contributed by atoms with Crippen LogP contribution in [0.2, 0.25) is 0 Å². The minimum atomic E-state index is 0.572. The fraction of sp³-hybridized carbons (Fsp3) is 0.0270. The monoisotopic (exact) mass is 1000 g/mol. The van der Waals surface area contributed by atoms with Crippen LogP contribution in [0, 0.1) is 0 Å². The summed E-state index contributed by atoms with van der Waals surface area (Å²) in [5.74, 6) is 0. The Morgan fingerprint density at radius 3 is 0.526 bits per heavy atom. The summed E-state index contributed by atoms with van der Waals surface area (Å²) < 4.78 is 1.14. The first-order valence-electron chi connectivity index (χ1n) is 26.7. The summed E-state index contributed by atoms with van der Waals surface area (Å²) in [6.45, 7) is 0. The molecule has 0 spiro atoms. The molecule has 0 aliphatic heterocycles. The number of hydrogen-bond donors (Lipinski definition) is 0. The highest BCUT2D eigenvalue weighted by molar-refractivity contribution is 5.83. The van der Waals surface area contributed by atoms with Gasteiger partial charge in [0.25, 0.3) is 0 Å². The molecule has 12 aromatic carbocycles. The number of benzene rings is 12. The Labute approximate surface area is 459 Å². The Hall–Kier alpha value is -9.84. The van der Waals surface area contributed by atoms with Crippen molar-refractivity contribution in [3.8, 4) is 33.4 Å². The highest BCUT2D eigenvalue weighted by Crippen LogP contribution is 2.45. The maximum Gasteiger partial charge on any atom is 0.142 e. The van der Waals surface area contributed by atoms with Gasteiger partial charge < -0.3 is 9.80 Å². The highest BCUT2D eigenvalue weighted by atomic mass is 15.4. The van der Waals surface area contributed by atoms with Crippen molar-refractivity contribution in [2.45, 2.75) is 0 Å². The Balaban J connectivity index is 0.780. The van der Waals surface area contributed by atoms with Crippen LogP contribution in [0.5, 0.6) is 0 Å². The summed E-state index contributed by atoms with van der Waals surface area (Å²) in [5.41, 5.74) is 20.8. The zero-order valence-electron chi connectivity index (χ0n) is 44.0. The third-order valence-corrected chi connectivity index (χ3v) is 15.4. The predicted octanol–water partition coefficient (Wildman–Crippen LogP) is 20.8. The van der Waals surface area contributed by atoms with Crippen molar-refractivity contribution in [1.82, 2.24) is 8.97 Å². The van der Waals surface area contributed by atoms with Crippen LogP contribution in [0.3, 0.4) is 0 Å². The molecule has 374 valence electrons. The van der Waals surface area contributed by atoms with E-state index >= 15 is 0 Å². The minimum absolute atomic E-state index is 0.572. The Morgan fingerprint density at radius 2 is 0.321 bits per heavy atom. The molecule has 0 unspecified atom stereocenters. The molecule has 0 radical (unpaired) electrons. The van der Waals surface area contributed by atoms with Crippen LogP contribution in [-0.4, -0.2) is 14.1 Å². The van der Waals surface area contributed by atoms with Crippen molar-refractivity contribution in [2.24, 2.45) is 0 Å². The van der Waals surface area contributed by atoms with Gasteiger partial charge in [-0.05, 0) is 179 Å². The first kappa shape index (κ1) is 49.1. The molecule has 12 rings (SSSR count). The van der Waals surface area contributed by atoms with E-state index in [2.05, 4.69) is 351 Å². The smallest absolute Gasteiger partial charge is 0.142 e. The van der Waals surface area contributed by atoms with E-state index in [0.29, 0.717) is 8.97 Å². The molecule has 0 amide bonds. The number of rotatable bonds is 15. The van der Waals surface area contributed by atoms with Gasteiger partial charge in [-0.25, -0.2) is 8.97 Å². The fourth-order valence-corrected chi connectivity index (χ4v) is 11.0. The van der Waals surface area contributed by atoms with Crippen molar-refractivity contribution in [3.63, 3.8) is 0 Å². The molecule has 0 atom stereocenters. The van der Waals surface area contributed by atoms with E-state index in [0.717, 1.165) is 45.3 Å². The lowest BCUT2D eigenvalue weighted by molar-refractivity contribution is 0.627. The van der Waals surface area contributed by atoms with Crippen molar-refractivity contribution in [1.29, 1.82) is 0 Å². The average Bonchev–Trinajstić information content (AvgIpc) is 3.58. The summed E-state index contributed by atoms with van der Waals surface area (Å²) in [5, 5.41) is 0. The Bertz CT molecular complexity index is 3500. The quantitative estimate of drug-likeness (QED) is 0.0945. The molecule has 0 aliphatic carbocycles. The second kappa shape index (κ2) is 21.8. The molecular weight excluding hydrogens is 945 g/mol. The third-order valence-electron chi connectivity index (χ3n) is 15.4.